The number of nitrogens with zero attached hydrogens (tertiary/aromatic N) is 2. The zero-order valence-electron chi connectivity index (χ0n) is 17.1. The third kappa shape index (κ3) is 5.29. The van der Waals surface area contributed by atoms with E-state index < -0.39 is 32.9 Å². The standard InChI is InChI=1S/C23H18FN3O4S2/c24-16-11-13-17(14-12-16)25-21(28)15-20-22(29)27(18-7-3-1-4-8-18)23(32-20)26-33(30,31)19-9-5-2-6-10-19/h1-14,20H,15H2,(H,25,28)/t20-/m1/s1. The van der Waals surface area contributed by atoms with Crippen molar-refractivity contribution in [2.75, 3.05) is 10.2 Å². The number of rotatable bonds is 6. The normalized spacial score (nSPS) is 17.4. The number of hydrogen-bond acceptors (Lipinski definition) is 5. The van der Waals surface area contributed by atoms with Gasteiger partial charge in [-0.25, -0.2) is 4.39 Å². The van der Waals surface area contributed by atoms with Crippen molar-refractivity contribution in [2.24, 2.45) is 4.40 Å². The fraction of sp³-hybridized carbons (Fsp3) is 0.0870. The number of amidine groups is 1. The zero-order chi connectivity index (χ0) is 23.4. The molecule has 1 fully saturated rings. The molecule has 0 aromatic heterocycles. The molecule has 1 saturated heterocycles. The van der Waals surface area contributed by atoms with Gasteiger partial charge in [-0.05, 0) is 48.5 Å². The van der Waals surface area contributed by atoms with Crippen LogP contribution in [-0.2, 0) is 19.6 Å². The molecule has 33 heavy (non-hydrogen) atoms. The van der Waals surface area contributed by atoms with Crippen LogP contribution in [0.4, 0.5) is 15.8 Å². The molecular formula is C23H18FN3O4S2. The SMILES string of the molecule is O=C(C[C@H]1SC(=NS(=O)(=O)c2ccccc2)N(c2ccccc2)C1=O)Nc1ccc(F)cc1. The third-order valence-corrected chi connectivity index (χ3v) is 7.22. The van der Waals surface area contributed by atoms with Gasteiger partial charge < -0.3 is 5.32 Å². The van der Waals surface area contributed by atoms with Gasteiger partial charge in [-0.2, -0.15) is 8.42 Å². The molecule has 0 radical (unpaired) electrons. The van der Waals surface area contributed by atoms with Gasteiger partial charge in [0.25, 0.3) is 10.0 Å². The molecule has 1 N–H and O–H groups in total. The molecular weight excluding hydrogens is 465 g/mol. The smallest absolute Gasteiger partial charge is 0.284 e. The van der Waals surface area contributed by atoms with Crippen molar-refractivity contribution in [1.29, 1.82) is 0 Å². The van der Waals surface area contributed by atoms with E-state index in [1.165, 1.54) is 41.3 Å². The van der Waals surface area contributed by atoms with E-state index in [1.54, 1.807) is 48.5 Å². The van der Waals surface area contributed by atoms with Gasteiger partial charge in [0.1, 0.15) is 11.1 Å². The predicted octanol–water partition coefficient (Wildman–Crippen LogP) is 4.05. The van der Waals surface area contributed by atoms with Gasteiger partial charge in [0, 0.05) is 12.1 Å². The van der Waals surface area contributed by atoms with Crippen LogP contribution in [0.2, 0.25) is 0 Å². The number of nitrogens with one attached hydrogen (secondary N) is 1. The molecule has 1 aliphatic rings. The zero-order valence-corrected chi connectivity index (χ0v) is 18.7. The van der Waals surface area contributed by atoms with Crippen LogP contribution >= 0.6 is 11.8 Å². The first-order chi connectivity index (χ1) is 15.8. The van der Waals surface area contributed by atoms with Crippen molar-refractivity contribution < 1.29 is 22.4 Å². The number of carbonyl (C=O) groups is 2. The van der Waals surface area contributed by atoms with Crippen LogP contribution in [0, 0.1) is 5.82 Å². The number of halogens is 1. The topological polar surface area (TPSA) is 95.9 Å². The molecule has 4 rings (SSSR count). The molecule has 10 heteroatoms. The molecule has 0 spiro atoms. The number of amides is 2. The average molecular weight is 484 g/mol. The lowest BCUT2D eigenvalue weighted by Gasteiger charge is -2.16. The Bertz CT molecular complexity index is 1300. The van der Waals surface area contributed by atoms with Gasteiger partial charge >= 0.3 is 0 Å². The Kier molecular flexibility index (Phi) is 6.57. The molecule has 168 valence electrons. The van der Waals surface area contributed by atoms with Crippen molar-refractivity contribution in [3.05, 3.63) is 90.7 Å². The number of carbonyl (C=O) groups excluding carboxylic acids is 2. The summed E-state index contributed by atoms with van der Waals surface area (Å²) >= 11 is 0.911. The van der Waals surface area contributed by atoms with Crippen molar-refractivity contribution in [3.63, 3.8) is 0 Å². The summed E-state index contributed by atoms with van der Waals surface area (Å²) in [6.45, 7) is 0. The highest BCUT2D eigenvalue weighted by atomic mass is 32.2. The van der Waals surface area contributed by atoms with E-state index in [0.717, 1.165) is 11.8 Å². The van der Waals surface area contributed by atoms with E-state index >= 15 is 0 Å². The van der Waals surface area contributed by atoms with Gasteiger partial charge in [-0.3, -0.25) is 14.5 Å². The summed E-state index contributed by atoms with van der Waals surface area (Å²) in [6.07, 6.45) is -0.214. The second-order valence-corrected chi connectivity index (χ2v) is 9.81. The molecule has 2 amide bonds. The summed E-state index contributed by atoms with van der Waals surface area (Å²) in [7, 11) is -4.08. The maximum Gasteiger partial charge on any atom is 0.284 e. The molecule has 0 aliphatic carbocycles. The van der Waals surface area contributed by atoms with Crippen LogP contribution in [0.5, 0.6) is 0 Å². The summed E-state index contributed by atoms with van der Waals surface area (Å²) in [5.41, 5.74) is 0.829. The monoisotopic (exact) mass is 483 g/mol. The van der Waals surface area contributed by atoms with Crippen molar-refractivity contribution >= 4 is 50.1 Å². The van der Waals surface area contributed by atoms with Crippen LogP contribution in [0.3, 0.4) is 0 Å². The Morgan fingerprint density at radius 1 is 0.970 bits per heavy atom. The van der Waals surface area contributed by atoms with Crippen LogP contribution in [-0.4, -0.2) is 30.6 Å². The molecule has 1 heterocycles. The highest BCUT2D eigenvalue weighted by Gasteiger charge is 2.41. The molecule has 0 bridgehead atoms. The van der Waals surface area contributed by atoms with E-state index in [2.05, 4.69) is 9.71 Å². The lowest BCUT2D eigenvalue weighted by Crippen LogP contribution is -2.33. The quantitative estimate of drug-likeness (QED) is 0.571. The molecule has 1 aliphatic heterocycles. The number of para-hydroxylation sites is 1. The first-order valence-electron chi connectivity index (χ1n) is 9.84. The van der Waals surface area contributed by atoms with Crippen LogP contribution in [0.15, 0.2) is 94.2 Å². The second kappa shape index (κ2) is 9.55. The Balaban J connectivity index is 1.61. The third-order valence-electron chi connectivity index (χ3n) is 4.69. The Hall–Kier alpha value is -3.50. The minimum atomic E-state index is -4.08. The fourth-order valence-electron chi connectivity index (χ4n) is 3.14. The number of thioether (sulfide) groups is 1. The summed E-state index contributed by atoms with van der Waals surface area (Å²) in [5, 5.41) is 1.70. The number of sulfonamides is 1. The van der Waals surface area contributed by atoms with Gasteiger partial charge in [0.15, 0.2) is 5.17 Å². The number of hydrogen-bond donors (Lipinski definition) is 1. The summed E-state index contributed by atoms with van der Waals surface area (Å²) < 4.78 is 42.6. The molecule has 0 unspecified atom stereocenters. The average Bonchev–Trinajstić information content (AvgIpc) is 3.10. The lowest BCUT2D eigenvalue weighted by molar-refractivity contribution is -0.121. The van der Waals surface area contributed by atoms with Gasteiger partial charge in [-0.1, -0.05) is 48.2 Å². The van der Waals surface area contributed by atoms with Crippen molar-refractivity contribution in [2.45, 2.75) is 16.6 Å². The maximum absolute atomic E-state index is 13.2. The summed E-state index contributed by atoms with van der Waals surface area (Å²) in [5.74, 6) is -1.36. The first kappa shape index (κ1) is 22.7. The molecule has 3 aromatic rings. The molecule has 0 saturated carbocycles. The van der Waals surface area contributed by atoms with Gasteiger partial charge in [0.05, 0.1) is 10.6 Å². The van der Waals surface area contributed by atoms with Crippen LogP contribution < -0.4 is 10.2 Å². The lowest BCUT2D eigenvalue weighted by atomic mass is 10.2. The minimum absolute atomic E-state index is 0.00364. The second-order valence-electron chi connectivity index (χ2n) is 7.04. The Labute approximate surface area is 194 Å². The first-order valence-corrected chi connectivity index (χ1v) is 12.2. The van der Waals surface area contributed by atoms with E-state index in [0.29, 0.717) is 11.4 Å². The van der Waals surface area contributed by atoms with Crippen LogP contribution in [0.25, 0.3) is 0 Å². The highest BCUT2D eigenvalue weighted by molar-refractivity contribution is 8.16. The van der Waals surface area contributed by atoms with Crippen molar-refractivity contribution in [3.8, 4) is 0 Å². The number of benzene rings is 3. The Morgan fingerprint density at radius 2 is 1.58 bits per heavy atom. The number of anilines is 2. The summed E-state index contributed by atoms with van der Waals surface area (Å²) in [4.78, 5) is 26.9. The molecule has 7 nitrogen and oxygen atoms in total. The maximum atomic E-state index is 13.2. The van der Waals surface area contributed by atoms with Gasteiger partial charge in [-0.15, -0.1) is 4.40 Å². The van der Waals surface area contributed by atoms with E-state index in [-0.39, 0.29) is 16.5 Å². The predicted molar refractivity (Wildman–Crippen MR) is 126 cm³/mol. The van der Waals surface area contributed by atoms with E-state index in [9.17, 15) is 22.4 Å². The minimum Gasteiger partial charge on any atom is -0.326 e. The van der Waals surface area contributed by atoms with Crippen molar-refractivity contribution in [1.82, 2.24) is 0 Å². The van der Waals surface area contributed by atoms with E-state index in [1.807, 2.05) is 0 Å². The highest BCUT2D eigenvalue weighted by Crippen LogP contribution is 2.35. The Morgan fingerprint density at radius 3 is 2.21 bits per heavy atom. The van der Waals surface area contributed by atoms with Crippen LogP contribution in [0.1, 0.15) is 6.42 Å². The van der Waals surface area contributed by atoms with E-state index in [4.69, 9.17) is 0 Å². The summed E-state index contributed by atoms with van der Waals surface area (Å²) in [6, 6.07) is 21.4. The fourth-order valence-corrected chi connectivity index (χ4v) is 5.49. The molecule has 1 atom stereocenters. The molecule has 3 aromatic carbocycles. The largest absolute Gasteiger partial charge is 0.326 e. The van der Waals surface area contributed by atoms with Gasteiger partial charge in [0.2, 0.25) is 11.8 Å².